The van der Waals surface area contributed by atoms with Crippen LogP contribution in [0.2, 0.25) is 0 Å². The summed E-state index contributed by atoms with van der Waals surface area (Å²) in [5.41, 5.74) is 3.08. The lowest BCUT2D eigenvalue weighted by molar-refractivity contribution is 0.0953. The van der Waals surface area contributed by atoms with Crippen LogP contribution in [0.15, 0.2) is 72.9 Å². The maximum absolute atomic E-state index is 12.4. The van der Waals surface area contributed by atoms with Crippen LogP contribution < -0.4 is 10.6 Å². The summed E-state index contributed by atoms with van der Waals surface area (Å²) >= 11 is 0. The summed E-state index contributed by atoms with van der Waals surface area (Å²) in [6.45, 7) is 2.09. The Balaban J connectivity index is 1.62. The average molecular weight is 359 g/mol. The monoisotopic (exact) mass is 359 g/mol. The zero-order valence-corrected chi connectivity index (χ0v) is 15.1. The molecule has 0 atom stereocenters. The third-order valence-corrected chi connectivity index (χ3v) is 4.11. The number of anilines is 2. The van der Waals surface area contributed by atoms with Crippen LogP contribution in [0.1, 0.15) is 33.2 Å². The van der Waals surface area contributed by atoms with Gasteiger partial charge in [-0.3, -0.25) is 9.59 Å². The van der Waals surface area contributed by atoms with Crippen LogP contribution in [-0.2, 0) is 6.42 Å². The first-order chi connectivity index (χ1) is 13.1. The van der Waals surface area contributed by atoms with Crippen LogP contribution in [-0.4, -0.2) is 23.2 Å². The smallest absolute Gasteiger partial charge is 0.251 e. The van der Waals surface area contributed by atoms with Gasteiger partial charge < -0.3 is 10.6 Å². The van der Waals surface area contributed by atoms with Crippen molar-refractivity contribution in [2.24, 2.45) is 0 Å². The summed E-state index contributed by atoms with van der Waals surface area (Å²) in [4.78, 5) is 28.1. The van der Waals surface area contributed by atoms with Gasteiger partial charge in [0.15, 0.2) is 5.78 Å². The van der Waals surface area contributed by atoms with Crippen LogP contribution in [0.5, 0.6) is 0 Å². The second-order valence-electron chi connectivity index (χ2n) is 6.18. The third-order valence-electron chi connectivity index (χ3n) is 4.11. The Kier molecular flexibility index (Phi) is 5.94. The fraction of sp³-hybridized carbons (Fsp3) is 0.136. The van der Waals surface area contributed by atoms with Crippen molar-refractivity contribution in [3.8, 4) is 0 Å². The van der Waals surface area contributed by atoms with Crippen LogP contribution in [0, 0.1) is 0 Å². The summed E-state index contributed by atoms with van der Waals surface area (Å²) in [6.07, 6.45) is 2.36. The summed E-state index contributed by atoms with van der Waals surface area (Å²) in [5, 5.41) is 6.06. The number of carbonyl (C=O) groups is 2. The van der Waals surface area contributed by atoms with E-state index in [9.17, 15) is 9.59 Å². The number of hydrogen-bond donors (Lipinski definition) is 2. The Morgan fingerprint density at radius 1 is 0.926 bits per heavy atom. The van der Waals surface area contributed by atoms with Crippen molar-refractivity contribution in [1.82, 2.24) is 10.3 Å². The molecule has 0 saturated heterocycles. The Morgan fingerprint density at radius 2 is 1.74 bits per heavy atom. The molecule has 136 valence electrons. The van der Waals surface area contributed by atoms with E-state index in [2.05, 4.69) is 15.6 Å². The highest BCUT2D eigenvalue weighted by atomic mass is 16.1. The topological polar surface area (TPSA) is 71.1 Å². The van der Waals surface area contributed by atoms with Gasteiger partial charge in [0.1, 0.15) is 5.82 Å². The van der Waals surface area contributed by atoms with E-state index in [1.807, 2.05) is 36.4 Å². The van der Waals surface area contributed by atoms with Gasteiger partial charge in [-0.05, 0) is 43.2 Å². The molecule has 0 unspecified atom stereocenters. The number of nitrogens with one attached hydrogen (secondary N) is 2. The molecule has 3 rings (SSSR count). The predicted molar refractivity (Wildman–Crippen MR) is 106 cm³/mol. The summed E-state index contributed by atoms with van der Waals surface area (Å²) in [5.74, 6) is 0.401. The number of amides is 1. The molecule has 1 heterocycles. The molecule has 0 spiro atoms. The predicted octanol–water partition coefficient (Wildman–Crippen LogP) is 4.00. The lowest BCUT2D eigenvalue weighted by Crippen LogP contribution is -2.25. The Bertz CT molecular complexity index is 939. The van der Waals surface area contributed by atoms with Crippen molar-refractivity contribution in [2.75, 3.05) is 11.9 Å². The van der Waals surface area contributed by atoms with Gasteiger partial charge in [-0.2, -0.15) is 0 Å². The van der Waals surface area contributed by atoms with Gasteiger partial charge in [0, 0.05) is 29.6 Å². The molecule has 5 heteroatoms. The molecule has 0 aliphatic carbocycles. The molecule has 5 nitrogen and oxygen atoms in total. The lowest BCUT2D eigenvalue weighted by atomic mass is 10.1. The van der Waals surface area contributed by atoms with Crippen LogP contribution in [0.4, 0.5) is 11.5 Å². The molecule has 0 radical (unpaired) electrons. The SMILES string of the molecule is CC(=O)c1cccc(Nc2cc(C(=O)NCCc3ccccc3)ccn2)c1. The molecule has 0 saturated carbocycles. The van der Waals surface area contributed by atoms with E-state index in [0.29, 0.717) is 23.5 Å². The number of rotatable bonds is 7. The van der Waals surface area contributed by atoms with Gasteiger partial charge in [-0.15, -0.1) is 0 Å². The number of Topliss-reactive ketones (excluding diaryl/α,β-unsaturated/α-hetero) is 1. The number of aromatic nitrogens is 1. The van der Waals surface area contributed by atoms with Gasteiger partial charge in [0.2, 0.25) is 0 Å². The Morgan fingerprint density at radius 3 is 2.52 bits per heavy atom. The Labute approximate surface area is 158 Å². The van der Waals surface area contributed by atoms with Crippen molar-refractivity contribution in [3.63, 3.8) is 0 Å². The number of ketones is 1. The lowest BCUT2D eigenvalue weighted by Gasteiger charge is -2.09. The first kappa shape index (κ1) is 18.3. The highest BCUT2D eigenvalue weighted by molar-refractivity contribution is 5.96. The molecule has 0 aliphatic heterocycles. The van der Waals surface area contributed by atoms with Gasteiger partial charge in [-0.25, -0.2) is 4.98 Å². The zero-order chi connectivity index (χ0) is 19.1. The molecule has 1 aromatic heterocycles. The Hall–Kier alpha value is -3.47. The molecular formula is C22H21N3O2. The van der Waals surface area contributed by atoms with E-state index < -0.39 is 0 Å². The number of pyridine rings is 1. The third kappa shape index (κ3) is 5.25. The quantitative estimate of drug-likeness (QED) is 0.626. The van der Waals surface area contributed by atoms with Gasteiger partial charge >= 0.3 is 0 Å². The first-order valence-corrected chi connectivity index (χ1v) is 8.78. The highest BCUT2D eigenvalue weighted by Crippen LogP contribution is 2.17. The minimum atomic E-state index is -0.145. The first-order valence-electron chi connectivity index (χ1n) is 8.78. The van der Waals surface area contributed by atoms with Crippen molar-refractivity contribution in [1.29, 1.82) is 0 Å². The minimum absolute atomic E-state index is 0.00171. The van der Waals surface area contributed by atoms with E-state index in [0.717, 1.165) is 12.1 Å². The molecular weight excluding hydrogens is 338 g/mol. The van der Waals surface area contributed by atoms with Gasteiger partial charge in [0.25, 0.3) is 5.91 Å². The van der Waals surface area contributed by atoms with Crippen LogP contribution >= 0.6 is 0 Å². The van der Waals surface area contributed by atoms with Crippen molar-refractivity contribution in [3.05, 3.63) is 89.6 Å². The van der Waals surface area contributed by atoms with Crippen molar-refractivity contribution >= 4 is 23.2 Å². The fourth-order valence-electron chi connectivity index (χ4n) is 2.67. The van der Waals surface area contributed by atoms with E-state index >= 15 is 0 Å². The summed E-state index contributed by atoms with van der Waals surface area (Å²) in [6, 6.07) is 20.6. The molecule has 1 amide bonds. The number of nitrogens with zero attached hydrogens (tertiary/aromatic N) is 1. The van der Waals surface area contributed by atoms with Crippen LogP contribution in [0.25, 0.3) is 0 Å². The van der Waals surface area contributed by atoms with Gasteiger partial charge in [-0.1, -0.05) is 42.5 Å². The molecule has 2 N–H and O–H groups in total. The molecule has 27 heavy (non-hydrogen) atoms. The molecule has 0 aliphatic rings. The summed E-state index contributed by atoms with van der Waals surface area (Å²) in [7, 11) is 0. The molecule has 0 fully saturated rings. The van der Waals surface area contributed by atoms with Gasteiger partial charge in [0.05, 0.1) is 0 Å². The standard InChI is InChI=1S/C22H21N3O2/c1-16(26)18-8-5-9-20(14-18)25-21-15-19(11-13-23-21)22(27)24-12-10-17-6-3-2-4-7-17/h2-9,11,13-15H,10,12H2,1H3,(H,23,25)(H,24,27). The fourth-order valence-corrected chi connectivity index (χ4v) is 2.67. The summed E-state index contributed by atoms with van der Waals surface area (Å²) < 4.78 is 0. The molecule has 2 aromatic carbocycles. The maximum Gasteiger partial charge on any atom is 0.251 e. The normalized spacial score (nSPS) is 10.3. The number of hydrogen-bond acceptors (Lipinski definition) is 4. The second kappa shape index (κ2) is 8.76. The van der Waals surface area contributed by atoms with Crippen molar-refractivity contribution < 1.29 is 9.59 Å². The molecule has 0 bridgehead atoms. The van der Waals surface area contributed by atoms with Crippen LogP contribution in [0.3, 0.4) is 0 Å². The molecule has 3 aromatic rings. The largest absolute Gasteiger partial charge is 0.352 e. The van der Waals surface area contributed by atoms with E-state index in [1.54, 1.807) is 36.5 Å². The average Bonchev–Trinajstić information content (AvgIpc) is 2.69. The number of benzene rings is 2. The maximum atomic E-state index is 12.4. The number of carbonyl (C=O) groups excluding carboxylic acids is 2. The van der Waals surface area contributed by atoms with E-state index in [1.165, 1.54) is 12.5 Å². The minimum Gasteiger partial charge on any atom is -0.352 e. The zero-order valence-electron chi connectivity index (χ0n) is 15.1. The van der Waals surface area contributed by atoms with E-state index in [4.69, 9.17) is 0 Å². The second-order valence-corrected chi connectivity index (χ2v) is 6.18. The van der Waals surface area contributed by atoms with Crippen molar-refractivity contribution in [2.45, 2.75) is 13.3 Å². The highest BCUT2D eigenvalue weighted by Gasteiger charge is 2.07. The van der Waals surface area contributed by atoms with E-state index in [-0.39, 0.29) is 11.7 Å².